The van der Waals surface area contributed by atoms with Gasteiger partial charge in [-0.25, -0.2) is 14.4 Å². The highest BCUT2D eigenvalue weighted by Gasteiger charge is 2.55. The number of fused-ring (bicyclic) bond motifs is 5. The quantitative estimate of drug-likeness (QED) is 0.278. The minimum absolute atomic E-state index is 0.0188. The molecule has 11 rings (SSSR count). The lowest BCUT2D eigenvalue weighted by molar-refractivity contribution is -0.133. The molecule has 3 aromatic rings. The summed E-state index contributed by atoms with van der Waals surface area (Å²) in [7, 11) is 0. The number of rotatable bonds is 8. The Bertz CT molecular complexity index is 1510. The van der Waals surface area contributed by atoms with Crippen molar-refractivity contribution in [3.63, 3.8) is 0 Å². The summed E-state index contributed by atoms with van der Waals surface area (Å²) in [6.45, 7) is 0.684. The molecule has 4 bridgehead atoms. The van der Waals surface area contributed by atoms with Gasteiger partial charge in [0.05, 0.1) is 0 Å². The van der Waals surface area contributed by atoms with Gasteiger partial charge in [0.15, 0.2) is 5.82 Å². The van der Waals surface area contributed by atoms with E-state index in [1.54, 1.807) is 0 Å². The summed E-state index contributed by atoms with van der Waals surface area (Å²) in [6, 6.07) is 8.29. The molecule has 224 valence electrons. The van der Waals surface area contributed by atoms with E-state index in [0.29, 0.717) is 30.7 Å². The van der Waals surface area contributed by atoms with Crippen LogP contribution in [0.25, 0.3) is 11.1 Å². The predicted molar refractivity (Wildman–Crippen MR) is 159 cm³/mol. The largest absolute Gasteiger partial charge is 0.339 e. The van der Waals surface area contributed by atoms with Gasteiger partial charge in [0.1, 0.15) is 12.0 Å². The second kappa shape index (κ2) is 9.67. The molecule has 8 heteroatoms. The maximum absolute atomic E-state index is 14.9. The normalized spacial score (nSPS) is 34.5. The molecule has 0 N–H and O–H groups in total. The Kier molecular flexibility index (Phi) is 5.90. The molecule has 0 saturated heterocycles. The van der Waals surface area contributed by atoms with E-state index < -0.39 is 6.17 Å². The summed E-state index contributed by atoms with van der Waals surface area (Å²) >= 11 is 0. The number of halogens is 1. The summed E-state index contributed by atoms with van der Waals surface area (Å²) in [4.78, 5) is 30.7. The molecule has 2 aromatic heterocycles. The first-order chi connectivity index (χ1) is 21.0. The number of amides is 1. The van der Waals surface area contributed by atoms with Gasteiger partial charge in [-0.2, -0.15) is 4.98 Å². The molecule has 0 aliphatic heterocycles. The Morgan fingerprint density at radius 2 is 1.58 bits per heavy atom. The topological polar surface area (TPSA) is 85.0 Å². The number of hydrogen-bond donors (Lipinski definition) is 0. The molecule has 8 fully saturated rings. The smallest absolute Gasteiger partial charge is 0.232 e. The standard InChI is InChI=1S/C35H40FN5O2/c36-29-17-28(24-14-25(29)15-24)32(42)41(27-3-1-2-23(16-27)26-18-37-30(38-19-26)21-4-5-21)20-34-8-11-35(12-9-34,13-10-34)33-39-31(40-43-33)22-6-7-22/h1-3,16,18-19,21-22,24-25,28-29H,4-15,17,20H2. The van der Waals surface area contributed by atoms with Crippen LogP contribution in [0.1, 0.15) is 113 Å². The van der Waals surface area contributed by atoms with E-state index in [2.05, 4.69) is 38.2 Å². The van der Waals surface area contributed by atoms with E-state index in [4.69, 9.17) is 9.51 Å². The summed E-state index contributed by atoms with van der Waals surface area (Å²) < 4.78 is 20.8. The summed E-state index contributed by atoms with van der Waals surface area (Å²) in [5.41, 5.74) is 2.92. The molecule has 0 spiro atoms. The number of carbonyl (C=O) groups is 1. The first kappa shape index (κ1) is 26.3. The molecule has 43 heavy (non-hydrogen) atoms. The summed E-state index contributed by atoms with van der Waals surface area (Å²) in [5, 5.41) is 4.33. The monoisotopic (exact) mass is 581 g/mol. The van der Waals surface area contributed by atoms with E-state index >= 15 is 0 Å². The predicted octanol–water partition coefficient (Wildman–Crippen LogP) is 7.29. The van der Waals surface area contributed by atoms with Crippen LogP contribution >= 0.6 is 0 Å². The lowest BCUT2D eigenvalue weighted by Gasteiger charge is -2.54. The summed E-state index contributed by atoms with van der Waals surface area (Å²) in [5.74, 6) is 4.05. The third kappa shape index (κ3) is 4.53. The number of carbonyl (C=O) groups excluding carboxylic acids is 1. The van der Waals surface area contributed by atoms with Crippen LogP contribution in [0.15, 0.2) is 41.2 Å². The van der Waals surface area contributed by atoms with Gasteiger partial charge < -0.3 is 9.42 Å². The zero-order valence-electron chi connectivity index (χ0n) is 24.8. The van der Waals surface area contributed by atoms with E-state index in [-0.39, 0.29) is 28.6 Å². The average Bonchev–Trinajstić information content (AvgIpc) is 3.98. The van der Waals surface area contributed by atoms with Crippen LogP contribution in [0.5, 0.6) is 0 Å². The zero-order chi connectivity index (χ0) is 28.8. The van der Waals surface area contributed by atoms with Gasteiger partial charge in [0, 0.05) is 53.4 Å². The average molecular weight is 582 g/mol. The molecule has 2 unspecified atom stereocenters. The Morgan fingerprint density at radius 1 is 0.884 bits per heavy atom. The maximum atomic E-state index is 14.9. The van der Waals surface area contributed by atoms with Crippen molar-refractivity contribution in [1.29, 1.82) is 0 Å². The Morgan fingerprint density at radius 3 is 2.26 bits per heavy atom. The second-order valence-electron chi connectivity index (χ2n) is 14.9. The highest BCUT2D eigenvalue weighted by atomic mass is 19.1. The number of hydrogen-bond acceptors (Lipinski definition) is 6. The SMILES string of the molecule is O=C(C1CC(F)C2CC1C2)N(CC12CCC(c3nc(C4CC4)no3)(CC1)CC2)c1cccc(-c2cnc(C3CC3)nc2)c1. The van der Waals surface area contributed by atoms with Crippen molar-refractivity contribution in [1.82, 2.24) is 20.1 Å². The molecule has 8 saturated carbocycles. The van der Waals surface area contributed by atoms with Crippen LogP contribution in [0.2, 0.25) is 0 Å². The molecule has 2 atom stereocenters. The van der Waals surface area contributed by atoms with E-state index in [1.807, 2.05) is 18.5 Å². The van der Waals surface area contributed by atoms with Crippen molar-refractivity contribution in [2.75, 3.05) is 11.4 Å². The first-order valence-electron chi connectivity index (χ1n) is 16.7. The molecule has 1 amide bonds. The second-order valence-corrected chi connectivity index (χ2v) is 14.9. The van der Waals surface area contributed by atoms with Crippen LogP contribution in [0, 0.1) is 23.2 Å². The molecule has 0 radical (unpaired) electrons. The third-order valence-electron chi connectivity index (χ3n) is 12.2. The summed E-state index contributed by atoms with van der Waals surface area (Å²) in [6.07, 6.45) is 15.9. The van der Waals surface area contributed by atoms with Gasteiger partial charge in [-0.3, -0.25) is 4.79 Å². The lowest BCUT2D eigenvalue weighted by Crippen LogP contribution is -2.54. The number of benzene rings is 1. The lowest BCUT2D eigenvalue weighted by atomic mass is 9.53. The van der Waals surface area contributed by atoms with Crippen molar-refractivity contribution in [3.05, 3.63) is 54.2 Å². The van der Waals surface area contributed by atoms with Gasteiger partial charge in [0.25, 0.3) is 0 Å². The van der Waals surface area contributed by atoms with Crippen LogP contribution in [0.4, 0.5) is 10.1 Å². The van der Waals surface area contributed by atoms with Crippen molar-refractivity contribution in [3.8, 4) is 11.1 Å². The van der Waals surface area contributed by atoms with Gasteiger partial charge in [-0.15, -0.1) is 0 Å². The van der Waals surface area contributed by atoms with Crippen molar-refractivity contribution >= 4 is 11.6 Å². The first-order valence-corrected chi connectivity index (χ1v) is 16.7. The molecular formula is C35H40FN5O2. The fourth-order valence-electron chi connectivity index (χ4n) is 8.77. The van der Waals surface area contributed by atoms with Crippen molar-refractivity contribution in [2.24, 2.45) is 23.2 Å². The molecule has 8 aliphatic rings. The highest BCUT2D eigenvalue weighted by molar-refractivity contribution is 5.96. The third-order valence-corrected chi connectivity index (χ3v) is 12.2. The molecular weight excluding hydrogens is 541 g/mol. The number of anilines is 1. The van der Waals surface area contributed by atoms with E-state index in [1.165, 1.54) is 25.7 Å². The molecule has 8 aliphatic carbocycles. The Hall–Kier alpha value is -3.16. The van der Waals surface area contributed by atoms with Gasteiger partial charge in [0.2, 0.25) is 11.8 Å². The van der Waals surface area contributed by atoms with Crippen LogP contribution < -0.4 is 4.90 Å². The van der Waals surface area contributed by atoms with Gasteiger partial charge in [-0.1, -0.05) is 17.3 Å². The number of nitrogens with zero attached hydrogens (tertiary/aromatic N) is 5. The Balaban J connectivity index is 0.998. The highest BCUT2D eigenvalue weighted by Crippen LogP contribution is 2.59. The molecule has 2 heterocycles. The maximum Gasteiger partial charge on any atom is 0.232 e. The molecule has 7 nitrogen and oxygen atoms in total. The fourth-order valence-corrected chi connectivity index (χ4v) is 8.77. The van der Waals surface area contributed by atoms with Gasteiger partial charge >= 0.3 is 0 Å². The molecule has 1 aromatic carbocycles. The van der Waals surface area contributed by atoms with Crippen LogP contribution in [0.3, 0.4) is 0 Å². The fraction of sp³-hybridized carbons (Fsp3) is 0.629. The van der Waals surface area contributed by atoms with Gasteiger partial charge in [-0.05, 0) is 118 Å². The number of aromatic nitrogens is 4. The number of alkyl halides is 1. The van der Waals surface area contributed by atoms with Crippen molar-refractivity contribution in [2.45, 2.75) is 107 Å². The van der Waals surface area contributed by atoms with Crippen LogP contribution in [-0.4, -0.2) is 38.7 Å². The van der Waals surface area contributed by atoms with Crippen molar-refractivity contribution < 1.29 is 13.7 Å². The van der Waals surface area contributed by atoms with E-state index in [0.717, 1.165) is 85.7 Å². The minimum atomic E-state index is -0.854. The Labute approximate surface area is 252 Å². The van der Waals surface area contributed by atoms with E-state index in [9.17, 15) is 9.18 Å². The zero-order valence-corrected chi connectivity index (χ0v) is 24.8. The van der Waals surface area contributed by atoms with Crippen LogP contribution in [-0.2, 0) is 10.2 Å². The minimum Gasteiger partial charge on any atom is -0.339 e.